The lowest BCUT2D eigenvalue weighted by Crippen LogP contribution is -2.15. The number of hydrogen-bond donors (Lipinski definition) is 1. The van der Waals surface area contributed by atoms with Crippen molar-refractivity contribution in [3.8, 4) is 11.4 Å². The van der Waals surface area contributed by atoms with E-state index in [1.807, 2.05) is 0 Å². The van der Waals surface area contributed by atoms with Crippen molar-refractivity contribution in [2.75, 3.05) is 12.4 Å². The molecule has 0 aliphatic carbocycles. The van der Waals surface area contributed by atoms with Crippen LogP contribution in [-0.2, 0) is 16.0 Å². The van der Waals surface area contributed by atoms with E-state index < -0.39 is 29.1 Å². The number of methoxy groups -OCH3 is 1. The fraction of sp³-hybridized carbons (Fsp3) is 0.158. The first-order valence-electron chi connectivity index (χ1n) is 8.33. The summed E-state index contributed by atoms with van der Waals surface area (Å²) in [6.07, 6.45) is -0.00821. The van der Waals surface area contributed by atoms with Gasteiger partial charge >= 0.3 is 5.97 Å². The molecule has 0 aliphatic heterocycles. The third-order valence-corrected chi connectivity index (χ3v) is 4.12. The van der Waals surface area contributed by atoms with Crippen LogP contribution in [-0.4, -0.2) is 29.1 Å². The lowest BCUT2D eigenvalue weighted by molar-refractivity contribution is -0.116. The van der Waals surface area contributed by atoms with Crippen molar-refractivity contribution in [1.82, 2.24) is 10.1 Å². The maximum atomic E-state index is 13.9. The molecule has 1 heterocycles. The molecule has 0 atom stereocenters. The second-order valence-electron chi connectivity index (χ2n) is 5.87. The van der Waals surface area contributed by atoms with E-state index in [1.165, 1.54) is 0 Å². The van der Waals surface area contributed by atoms with E-state index in [0.29, 0.717) is 22.5 Å². The molecule has 3 aromatic rings. The van der Waals surface area contributed by atoms with Gasteiger partial charge in [0, 0.05) is 29.5 Å². The molecule has 7 nitrogen and oxygen atoms in total. The Labute approximate surface area is 168 Å². The number of nitrogens with zero attached hydrogens (tertiary/aromatic N) is 2. The number of aryl methyl sites for hydroxylation is 1. The van der Waals surface area contributed by atoms with Crippen LogP contribution in [0.15, 0.2) is 40.9 Å². The molecular formula is C19H14ClF2N3O4. The highest BCUT2D eigenvalue weighted by Gasteiger charge is 2.18. The molecule has 0 spiro atoms. The highest BCUT2D eigenvalue weighted by molar-refractivity contribution is 6.30. The molecule has 0 bridgehead atoms. The van der Waals surface area contributed by atoms with Crippen LogP contribution < -0.4 is 5.32 Å². The van der Waals surface area contributed by atoms with Crippen LogP contribution in [0.25, 0.3) is 11.4 Å². The van der Waals surface area contributed by atoms with Gasteiger partial charge in [0.15, 0.2) is 0 Å². The highest BCUT2D eigenvalue weighted by atomic mass is 35.5. The van der Waals surface area contributed by atoms with Gasteiger partial charge in [0.1, 0.15) is 11.6 Å². The maximum Gasteiger partial charge on any atom is 0.340 e. The van der Waals surface area contributed by atoms with Crippen LogP contribution in [0.5, 0.6) is 0 Å². The molecule has 29 heavy (non-hydrogen) atoms. The molecule has 0 radical (unpaired) electrons. The monoisotopic (exact) mass is 421 g/mol. The Hall–Kier alpha value is -3.33. The summed E-state index contributed by atoms with van der Waals surface area (Å²) in [6.45, 7) is 0. The number of ether oxygens (including phenoxy) is 1. The topological polar surface area (TPSA) is 94.3 Å². The minimum Gasteiger partial charge on any atom is -0.465 e. The lowest BCUT2D eigenvalue weighted by Gasteiger charge is -2.08. The summed E-state index contributed by atoms with van der Waals surface area (Å²) < 4.78 is 37.0. The smallest absolute Gasteiger partial charge is 0.340 e. The normalized spacial score (nSPS) is 10.6. The Morgan fingerprint density at radius 2 is 1.90 bits per heavy atom. The first kappa shape index (κ1) is 20.4. The van der Waals surface area contributed by atoms with E-state index in [0.717, 1.165) is 13.2 Å². The molecule has 10 heteroatoms. The average molecular weight is 422 g/mol. The number of nitrogens with one attached hydrogen (secondary N) is 1. The molecule has 1 N–H and O–H groups in total. The van der Waals surface area contributed by atoms with Crippen molar-refractivity contribution in [3.63, 3.8) is 0 Å². The van der Waals surface area contributed by atoms with Crippen molar-refractivity contribution in [2.45, 2.75) is 12.8 Å². The van der Waals surface area contributed by atoms with E-state index in [2.05, 4.69) is 20.2 Å². The van der Waals surface area contributed by atoms with E-state index in [4.69, 9.17) is 16.1 Å². The molecule has 0 saturated carbocycles. The number of benzene rings is 2. The standard InChI is InChI=1S/C19H14ClF2N3O4/c1-28-19(27)12-8-15(14(22)9-13(12)21)23-16(26)6-7-17-24-18(25-29-17)10-2-4-11(20)5-3-10/h2-5,8-9H,6-7H2,1H3,(H,23,26). The lowest BCUT2D eigenvalue weighted by atomic mass is 10.1. The number of hydrogen-bond acceptors (Lipinski definition) is 6. The van der Waals surface area contributed by atoms with Gasteiger partial charge in [-0.15, -0.1) is 0 Å². The number of halogens is 3. The Kier molecular flexibility index (Phi) is 6.18. The van der Waals surface area contributed by atoms with Crippen molar-refractivity contribution >= 4 is 29.2 Å². The number of carbonyl (C=O) groups is 2. The first-order chi connectivity index (χ1) is 13.9. The molecule has 0 saturated heterocycles. The van der Waals surface area contributed by atoms with Crippen molar-refractivity contribution in [1.29, 1.82) is 0 Å². The Balaban J connectivity index is 1.63. The molecule has 0 unspecified atom stereocenters. The quantitative estimate of drug-likeness (QED) is 0.604. The molecule has 2 aromatic carbocycles. The predicted octanol–water partition coefficient (Wildman–Crippen LogP) is 4.03. The van der Waals surface area contributed by atoms with Crippen molar-refractivity contribution in [2.24, 2.45) is 0 Å². The molecule has 0 fully saturated rings. The first-order valence-corrected chi connectivity index (χ1v) is 8.71. The third kappa shape index (κ3) is 4.94. The summed E-state index contributed by atoms with van der Waals surface area (Å²) in [5, 5.41) is 6.67. The van der Waals surface area contributed by atoms with Gasteiger partial charge in [-0.05, 0) is 30.3 Å². The summed E-state index contributed by atoms with van der Waals surface area (Å²) in [5.74, 6) is -3.14. The minimum absolute atomic E-state index is 0.0963. The minimum atomic E-state index is -1.09. The number of amides is 1. The number of esters is 1. The van der Waals surface area contributed by atoms with Gasteiger partial charge in [0.25, 0.3) is 0 Å². The Bertz CT molecular complexity index is 1050. The molecule has 1 aromatic heterocycles. The van der Waals surface area contributed by atoms with E-state index >= 15 is 0 Å². The SMILES string of the molecule is COC(=O)c1cc(NC(=O)CCc2nc(-c3ccc(Cl)cc3)no2)c(F)cc1F. The molecule has 3 rings (SSSR count). The second kappa shape index (κ2) is 8.78. The van der Waals surface area contributed by atoms with Gasteiger partial charge in [-0.3, -0.25) is 4.79 Å². The molecular weight excluding hydrogens is 408 g/mol. The van der Waals surface area contributed by atoms with Gasteiger partial charge < -0.3 is 14.6 Å². The summed E-state index contributed by atoms with van der Waals surface area (Å²) >= 11 is 5.83. The van der Waals surface area contributed by atoms with Gasteiger partial charge in [0.2, 0.25) is 17.6 Å². The predicted molar refractivity (Wildman–Crippen MR) is 99.4 cm³/mol. The largest absolute Gasteiger partial charge is 0.465 e. The molecule has 0 aliphatic rings. The van der Waals surface area contributed by atoms with Crippen LogP contribution >= 0.6 is 11.6 Å². The Morgan fingerprint density at radius 3 is 2.59 bits per heavy atom. The zero-order valence-electron chi connectivity index (χ0n) is 15.0. The fourth-order valence-electron chi connectivity index (χ4n) is 2.42. The number of anilines is 1. The second-order valence-corrected chi connectivity index (χ2v) is 6.31. The van der Waals surface area contributed by atoms with Gasteiger partial charge in [-0.1, -0.05) is 16.8 Å². The summed E-state index contributed by atoms with van der Waals surface area (Å²) in [6, 6.07) is 8.18. The van der Waals surface area contributed by atoms with Crippen LogP contribution in [0.3, 0.4) is 0 Å². The van der Waals surface area contributed by atoms with Gasteiger partial charge in [-0.25, -0.2) is 13.6 Å². The summed E-state index contributed by atoms with van der Waals surface area (Å²) in [4.78, 5) is 27.8. The molecule has 150 valence electrons. The van der Waals surface area contributed by atoms with Crippen LogP contribution in [0.4, 0.5) is 14.5 Å². The highest BCUT2D eigenvalue weighted by Crippen LogP contribution is 2.21. The average Bonchev–Trinajstić information content (AvgIpc) is 3.17. The van der Waals surface area contributed by atoms with Gasteiger partial charge in [-0.2, -0.15) is 4.98 Å². The third-order valence-electron chi connectivity index (χ3n) is 3.87. The summed E-state index contributed by atoms with van der Waals surface area (Å²) in [5.41, 5.74) is -0.143. The number of aromatic nitrogens is 2. The van der Waals surface area contributed by atoms with Crippen molar-refractivity contribution < 1.29 is 27.6 Å². The van der Waals surface area contributed by atoms with E-state index in [1.54, 1.807) is 24.3 Å². The van der Waals surface area contributed by atoms with Crippen LogP contribution in [0.2, 0.25) is 5.02 Å². The Morgan fingerprint density at radius 1 is 1.17 bits per heavy atom. The van der Waals surface area contributed by atoms with Crippen LogP contribution in [0.1, 0.15) is 22.7 Å². The zero-order valence-corrected chi connectivity index (χ0v) is 15.8. The van der Waals surface area contributed by atoms with E-state index in [-0.39, 0.29) is 24.4 Å². The van der Waals surface area contributed by atoms with E-state index in [9.17, 15) is 18.4 Å². The molecule has 1 amide bonds. The summed E-state index contributed by atoms with van der Waals surface area (Å²) in [7, 11) is 1.06. The number of carbonyl (C=O) groups excluding carboxylic acids is 2. The number of rotatable bonds is 6. The zero-order chi connectivity index (χ0) is 21.0. The van der Waals surface area contributed by atoms with Crippen molar-refractivity contribution in [3.05, 3.63) is 64.5 Å². The van der Waals surface area contributed by atoms with Gasteiger partial charge in [0.05, 0.1) is 18.4 Å². The maximum absolute atomic E-state index is 13.9. The van der Waals surface area contributed by atoms with Crippen LogP contribution in [0, 0.1) is 11.6 Å². The fourth-order valence-corrected chi connectivity index (χ4v) is 2.54.